The Hall–Kier alpha value is -3.34. The number of hydrogen-bond donors (Lipinski definition) is 0. The highest BCUT2D eigenvalue weighted by Crippen LogP contribution is 2.24. The van der Waals surface area contributed by atoms with Gasteiger partial charge in [0.15, 0.2) is 0 Å². The van der Waals surface area contributed by atoms with E-state index in [1.807, 2.05) is 54.6 Å². The standard InChI is InChI=1S/C19H14N2O3/c1-23-15-9-7-14(8-10-15)17-12-18(22)21-19(24-17)11-16(20-21)13-5-3-2-4-6-13/h2-12H,1H3. The lowest BCUT2D eigenvalue weighted by atomic mass is 10.1. The van der Waals surface area contributed by atoms with Crippen molar-refractivity contribution in [1.82, 2.24) is 9.61 Å². The zero-order valence-electron chi connectivity index (χ0n) is 13.0. The first-order valence-electron chi connectivity index (χ1n) is 7.48. The topological polar surface area (TPSA) is 56.7 Å². The van der Waals surface area contributed by atoms with Crippen LogP contribution in [0.2, 0.25) is 0 Å². The minimum absolute atomic E-state index is 0.232. The van der Waals surface area contributed by atoms with Crippen molar-refractivity contribution in [2.24, 2.45) is 0 Å². The molecule has 0 N–H and O–H groups in total. The largest absolute Gasteiger partial charge is 0.497 e. The number of rotatable bonds is 3. The van der Waals surface area contributed by atoms with E-state index in [0.717, 1.165) is 16.9 Å². The van der Waals surface area contributed by atoms with Gasteiger partial charge in [-0.2, -0.15) is 9.61 Å². The lowest BCUT2D eigenvalue weighted by Crippen LogP contribution is -2.12. The number of aromatic nitrogens is 2. The van der Waals surface area contributed by atoms with Crippen LogP contribution in [0.25, 0.3) is 28.3 Å². The lowest BCUT2D eigenvalue weighted by molar-refractivity contribution is 0.415. The number of benzene rings is 2. The van der Waals surface area contributed by atoms with Gasteiger partial charge in [-0.3, -0.25) is 4.79 Å². The molecule has 24 heavy (non-hydrogen) atoms. The van der Waals surface area contributed by atoms with E-state index in [0.29, 0.717) is 17.2 Å². The van der Waals surface area contributed by atoms with Gasteiger partial charge in [0.05, 0.1) is 12.8 Å². The summed E-state index contributed by atoms with van der Waals surface area (Å²) in [4.78, 5) is 12.4. The van der Waals surface area contributed by atoms with Crippen LogP contribution in [0.3, 0.4) is 0 Å². The maximum atomic E-state index is 12.4. The fourth-order valence-electron chi connectivity index (χ4n) is 2.56. The molecule has 0 unspecified atom stereocenters. The van der Waals surface area contributed by atoms with Gasteiger partial charge in [-0.1, -0.05) is 30.3 Å². The Labute approximate surface area is 137 Å². The van der Waals surface area contributed by atoms with Crippen molar-refractivity contribution < 1.29 is 9.15 Å². The highest BCUT2D eigenvalue weighted by atomic mass is 16.5. The molecule has 4 rings (SSSR count). The summed E-state index contributed by atoms with van der Waals surface area (Å²) in [5.41, 5.74) is 2.61. The summed E-state index contributed by atoms with van der Waals surface area (Å²) in [6, 6.07) is 20.2. The van der Waals surface area contributed by atoms with Crippen molar-refractivity contribution in [2.45, 2.75) is 0 Å². The van der Waals surface area contributed by atoms with Crippen molar-refractivity contribution >= 4 is 5.71 Å². The molecule has 0 saturated carbocycles. The monoisotopic (exact) mass is 318 g/mol. The second kappa shape index (κ2) is 5.70. The molecule has 0 saturated heterocycles. The van der Waals surface area contributed by atoms with Crippen LogP contribution in [-0.4, -0.2) is 16.7 Å². The number of hydrogen-bond acceptors (Lipinski definition) is 4. The molecule has 0 spiro atoms. The second-order valence-electron chi connectivity index (χ2n) is 5.32. The van der Waals surface area contributed by atoms with E-state index in [1.165, 1.54) is 10.6 Å². The van der Waals surface area contributed by atoms with Gasteiger partial charge in [-0.15, -0.1) is 0 Å². The summed E-state index contributed by atoms with van der Waals surface area (Å²) in [5, 5.41) is 4.34. The normalized spacial score (nSPS) is 10.9. The van der Waals surface area contributed by atoms with Crippen LogP contribution < -0.4 is 10.3 Å². The molecule has 0 amide bonds. The van der Waals surface area contributed by atoms with Crippen LogP contribution >= 0.6 is 0 Å². The molecule has 0 aliphatic heterocycles. The van der Waals surface area contributed by atoms with Gasteiger partial charge < -0.3 is 9.15 Å². The summed E-state index contributed by atoms with van der Waals surface area (Å²) in [6.07, 6.45) is 0. The van der Waals surface area contributed by atoms with Gasteiger partial charge in [0.1, 0.15) is 11.5 Å². The average Bonchev–Trinajstić information content (AvgIpc) is 3.07. The molecular weight excluding hydrogens is 304 g/mol. The third-order valence-corrected chi connectivity index (χ3v) is 3.80. The Morgan fingerprint density at radius 1 is 0.958 bits per heavy atom. The third kappa shape index (κ3) is 2.46. The smallest absolute Gasteiger partial charge is 0.277 e. The summed E-state index contributed by atoms with van der Waals surface area (Å²) in [7, 11) is 1.61. The van der Waals surface area contributed by atoms with E-state index >= 15 is 0 Å². The average molecular weight is 318 g/mol. The van der Waals surface area contributed by atoms with Crippen LogP contribution in [-0.2, 0) is 0 Å². The van der Waals surface area contributed by atoms with Crippen molar-refractivity contribution in [3.63, 3.8) is 0 Å². The quantitative estimate of drug-likeness (QED) is 0.579. The second-order valence-corrected chi connectivity index (χ2v) is 5.32. The molecule has 0 bridgehead atoms. The van der Waals surface area contributed by atoms with E-state index in [2.05, 4.69) is 5.10 Å². The van der Waals surface area contributed by atoms with Crippen LogP contribution in [0.4, 0.5) is 0 Å². The molecule has 0 aliphatic rings. The number of methoxy groups -OCH3 is 1. The highest BCUT2D eigenvalue weighted by molar-refractivity contribution is 5.65. The molecule has 2 heterocycles. The van der Waals surface area contributed by atoms with E-state index in [9.17, 15) is 4.79 Å². The number of fused-ring (bicyclic) bond motifs is 1. The Morgan fingerprint density at radius 3 is 2.42 bits per heavy atom. The van der Waals surface area contributed by atoms with Gasteiger partial charge in [0.25, 0.3) is 5.56 Å². The summed E-state index contributed by atoms with van der Waals surface area (Å²) in [5.74, 6) is 1.24. The Bertz CT molecular complexity index is 1050. The molecule has 4 aromatic rings. The first kappa shape index (κ1) is 14.3. The fraction of sp³-hybridized carbons (Fsp3) is 0.0526. The lowest BCUT2D eigenvalue weighted by Gasteiger charge is -2.03. The van der Waals surface area contributed by atoms with Crippen molar-refractivity contribution in [3.8, 4) is 28.3 Å². The van der Waals surface area contributed by atoms with Crippen molar-refractivity contribution in [1.29, 1.82) is 0 Å². The maximum Gasteiger partial charge on any atom is 0.277 e. The summed E-state index contributed by atoms with van der Waals surface area (Å²) >= 11 is 0. The molecule has 5 nitrogen and oxygen atoms in total. The van der Waals surface area contributed by atoms with Crippen molar-refractivity contribution in [2.75, 3.05) is 7.11 Å². The zero-order chi connectivity index (χ0) is 16.5. The first-order chi connectivity index (χ1) is 11.7. The number of ether oxygens (including phenoxy) is 1. The van der Waals surface area contributed by atoms with Gasteiger partial charge in [-0.25, -0.2) is 0 Å². The minimum atomic E-state index is -0.232. The van der Waals surface area contributed by atoms with Crippen LogP contribution in [0.1, 0.15) is 0 Å². The molecule has 0 aliphatic carbocycles. The Morgan fingerprint density at radius 2 is 1.71 bits per heavy atom. The van der Waals surface area contributed by atoms with Gasteiger partial charge in [-0.05, 0) is 24.3 Å². The zero-order valence-corrected chi connectivity index (χ0v) is 13.0. The van der Waals surface area contributed by atoms with Gasteiger partial charge in [0, 0.05) is 23.3 Å². The molecule has 0 fully saturated rings. The Kier molecular flexibility index (Phi) is 3.39. The van der Waals surface area contributed by atoms with Gasteiger partial charge >= 0.3 is 0 Å². The molecule has 0 atom stereocenters. The van der Waals surface area contributed by atoms with E-state index < -0.39 is 0 Å². The molecule has 2 aromatic carbocycles. The summed E-state index contributed by atoms with van der Waals surface area (Å²) < 4.78 is 12.3. The molecule has 118 valence electrons. The molecular formula is C19H14N2O3. The fourth-order valence-corrected chi connectivity index (χ4v) is 2.56. The molecule has 5 heteroatoms. The predicted molar refractivity (Wildman–Crippen MR) is 91.2 cm³/mol. The predicted octanol–water partition coefficient (Wildman–Crippen LogP) is 3.63. The third-order valence-electron chi connectivity index (χ3n) is 3.80. The molecule has 2 aromatic heterocycles. The van der Waals surface area contributed by atoms with Crippen LogP contribution in [0, 0.1) is 0 Å². The Balaban J connectivity index is 1.83. The summed E-state index contributed by atoms with van der Waals surface area (Å²) in [6.45, 7) is 0. The van der Waals surface area contributed by atoms with E-state index in [1.54, 1.807) is 13.2 Å². The molecule has 0 radical (unpaired) electrons. The minimum Gasteiger partial charge on any atom is -0.497 e. The van der Waals surface area contributed by atoms with E-state index in [4.69, 9.17) is 9.15 Å². The van der Waals surface area contributed by atoms with Gasteiger partial charge in [0.2, 0.25) is 5.71 Å². The number of nitrogens with zero attached hydrogens (tertiary/aromatic N) is 2. The van der Waals surface area contributed by atoms with Crippen LogP contribution in [0.15, 0.2) is 75.9 Å². The first-order valence-corrected chi connectivity index (χ1v) is 7.48. The highest BCUT2D eigenvalue weighted by Gasteiger charge is 2.11. The maximum absolute atomic E-state index is 12.4. The van der Waals surface area contributed by atoms with Crippen molar-refractivity contribution in [3.05, 3.63) is 77.1 Å². The van der Waals surface area contributed by atoms with E-state index in [-0.39, 0.29) is 5.56 Å². The SMILES string of the molecule is COc1ccc(-c2cc(=O)n3nc(-c4ccccc4)cc3o2)cc1. The van der Waals surface area contributed by atoms with Crippen LogP contribution in [0.5, 0.6) is 5.75 Å².